The third-order valence-corrected chi connectivity index (χ3v) is 4.42. The van der Waals surface area contributed by atoms with Crippen LogP contribution >= 0.6 is 11.8 Å². The molecule has 0 aromatic heterocycles. The lowest BCUT2D eigenvalue weighted by Gasteiger charge is -2.27. The van der Waals surface area contributed by atoms with E-state index in [1.807, 2.05) is 13.8 Å². The molecule has 104 valence electrons. The first kappa shape index (κ1) is 15.1. The van der Waals surface area contributed by atoms with Crippen LogP contribution in [0.3, 0.4) is 0 Å². The topological polar surface area (TPSA) is 69.6 Å². The van der Waals surface area contributed by atoms with Crippen LogP contribution in [-0.4, -0.2) is 45.2 Å². The lowest BCUT2D eigenvalue weighted by molar-refractivity contribution is -0.141. The van der Waals surface area contributed by atoms with Gasteiger partial charge in [-0.3, -0.25) is 4.90 Å². The molecule has 0 bridgehead atoms. The van der Waals surface area contributed by atoms with Crippen molar-refractivity contribution in [2.24, 2.45) is 0 Å². The number of carbonyl (C=O) groups excluding carboxylic acids is 1. The molecule has 1 fully saturated rings. The smallest absolute Gasteiger partial charge is 0.327 e. The van der Waals surface area contributed by atoms with E-state index in [0.29, 0.717) is 5.75 Å². The molecule has 18 heavy (non-hydrogen) atoms. The maximum absolute atomic E-state index is 12.2. The molecule has 0 aromatic carbocycles. The lowest BCUT2D eigenvalue weighted by Crippen LogP contribution is -2.51. The van der Waals surface area contributed by atoms with Crippen LogP contribution in [0.5, 0.6) is 0 Å². The summed E-state index contributed by atoms with van der Waals surface area (Å²) >= 11 is 1.50. The molecule has 0 aromatic rings. The quantitative estimate of drug-likeness (QED) is 0.805. The molecule has 1 saturated heterocycles. The largest absolute Gasteiger partial charge is 0.480 e. The summed E-state index contributed by atoms with van der Waals surface area (Å²) in [6, 6.07) is -0.820. The number of nitrogens with zero attached hydrogens (tertiary/aromatic N) is 1. The number of thioether (sulfide) groups is 1. The normalized spacial score (nSPS) is 24.9. The summed E-state index contributed by atoms with van der Waals surface area (Å²) < 4.78 is 0. The number of hydrogen-bond acceptors (Lipinski definition) is 3. The minimum atomic E-state index is -0.925. The SMILES string of the molecule is CCCC(CC)NC(=O)N1C(C)SCC1C(=O)O. The minimum absolute atomic E-state index is 0.0785. The molecule has 1 rings (SSSR count). The summed E-state index contributed by atoms with van der Waals surface area (Å²) in [6.07, 6.45) is 2.80. The average Bonchev–Trinajstić information content (AvgIpc) is 2.70. The molecule has 1 aliphatic heterocycles. The van der Waals surface area contributed by atoms with Crippen molar-refractivity contribution in [3.63, 3.8) is 0 Å². The second kappa shape index (κ2) is 6.87. The van der Waals surface area contributed by atoms with Crippen molar-refractivity contribution in [3.8, 4) is 0 Å². The van der Waals surface area contributed by atoms with Crippen LogP contribution in [-0.2, 0) is 4.79 Å². The van der Waals surface area contributed by atoms with Gasteiger partial charge in [0.1, 0.15) is 6.04 Å². The average molecular weight is 274 g/mol. The zero-order chi connectivity index (χ0) is 13.7. The second-order valence-electron chi connectivity index (χ2n) is 4.54. The van der Waals surface area contributed by atoms with Crippen molar-refractivity contribution >= 4 is 23.8 Å². The Morgan fingerprint density at radius 2 is 2.17 bits per heavy atom. The van der Waals surface area contributed by atoms with E-state index >= 15 is 0 Å². The molecule has 0 saturated carbocycles. The summed E-state index contributed by atoms with van der Waals surface area (Å²) in [6.45, 7) is 5.97. The van der Waals surface area contributed by atoms with Crippen LogP contribution in [0.25, 0.3) is 0 Å². The van der Waals surface area contributed by atoms with E-state index in [0.717, 1.165) is 19.3 Å². The van der Waals surface area contributed by atoms with Crippen molar-refractivity contribution in [1.29, 1.82) is 0 Å². The van der Waals surface area contributed by atoms with Gasteiger partial charge in [0.2, 0.25) is 0 Å². The highest BCUT2D eigenvalue weighted by Crippen LogP contribution is 2.28. The maximum atomic E-state index is 12.2. The Morgan fingerprint density at radius 3 is 2.67 bits per heavy atom. The molecule has 3 atom stereocenters. The van der Waals surface area contributed by atoms with Gasteiger partial charge in [-0.1, -0.05) is 20.3 Å². The molecule has 1 aliphatic rings. The van der Waals surface area contributed by atoms with Gasteiger partial charge in [-0.05, 0) is 19.8 Å². The molecule has 0 aliphatic carbocycles. The van der Waals surface area contributed by atoms with E-state index in [4.69, 9.17) is 5.11 Å². The number of nitrogens with one attached hydrogen (secondary N) is 1. The summed E-state index contributed by atoms with van der Waals surface area (Å²) in [5, 5.41) is 12.0. The van der Waals surface area contributed by atoms with E-state index in [2.05, 4.69) is 12.2 Å². The molecule has 2 amide bonds. The number of aliphatic carboxylic acids is 1. The Bertz CT molecular complexity index is 312. The summed E-state index contributed by atoms with van der Waals surface area (Å²) in [4.78, 5) is 24.7. The number of amides is 2. The zero-order valence-electron chi connectivity index (χ0n) is 11.2. The molecule has 6 heteroatoms. The lowest BCUT2D eigenvalue weighted by atomic mass is 10.1. The summed E-state index contributed by atoms with van der Waals surface area (Å²) in [5.74, 6) is -0.459. The highest BCUT2D eigenvalue weighted by atomic mass is 32.2. The van der Waals surface area contributed by atoms with Gasteiger partial charge >= 0.3 is 12.0 Å². The molecule has 3 unspecified atom stereocenters. The van der Waals surface area contributed by atoms with Crippen LogP contribution in [0.4, 0.5) is 4.79 Å². The monoisotopic (exact) mass is 274 g/mol. The van der Waals surface area contributed by atoms with Crippen LogP contribution in [0.15, 0.2) is 0 Å². The number of carbonyl (C=O) groups is 2. The molecule has 1 heterocycles. The van der Waals surface area contributed by atoms with Crippen molar-refractivity contribution in [1.82, 2.24) is 10.2 Å². The van der Waals surface area contributed by atoms with Gasteiger partial charge < -0.3 is 10.4 Å². The van der Waals surface area contributed by atoms with Crippen molar-refractivity contribution in [3.05, 3.63) is 0 Å². The van der Waals surface area contributed by atoms with Crippen LogP contribution in [0.1, 0.15) is 40.0 Å². The van der Waals surface area contributed by atoms with Crippen molar-refractivity contribution in [2.45, 2.75) is 57.5 Å². The number of rotatable bonds is 5. The third kappa shape index (κ3) is 3.54. The van der Waals surface area contributed by atoms with Crippen LogP contribution in [0, 0.1) is 0 Å². The number of carboxylic acids is 1. The Kier molecular flexibility index (Phi) is 5.78. The van der Waals surface area contributed by atoms with E-state index in [9.17, 15) is 9.59 Å². The molecular formula is C12H22N2O3S. The van der Waals surface area contributed by atoms with Crippen LogP contribution < -0.4 is 5.32 Å². The van der Waals surface area contributed by atoms with Gasteiger partial charge in [0.05, 0.1) is 5.37 Å². The van der Waals surface area contributed by atoms with Gasteiger partial charge in [-0.2, -0.15) is 0 Å². The fourth-order valence-corrected chi connectivity index (χ4v) is 3.28. The number of hydrogen-bond donors (Lipinski definition) is 2. The second-order valence-corrected chi connectivity index (χ2v) is 5.89. The summed E-state index contributed by atoms with van der Waals surface area (Å²) in [5.41, 5.74) is 0. The molecule has 0 radical (unpaired) electrons. The van der Waals surface area contributed by atoms with E-state index < -0.39 is 12.0 Å². The van der Waals surface area contributed by atoms with Crippen molar-refractivity contribution < 1.29 is 14.7 Å². The molecule has 0 spiro atoms. The first-order valence-electron chi connectivity index (χ1n) is 6.44. The fraction of sp³-hybridized carbons (Fsp3) is 0.833. The first-order chi connectivity index (χ1) is 8.51. The van der Waals surface area contributed by atoms with E-state index in [1.165, 1.54) is 16.7 Å². The summed E-state index contributed by atoms with van der Waals surface area (Å²) in [7, 11) is 0. The van der Waals surface area contributed by atoms with Gasteiger partial charge in [-0.15, -0.1) is 11.8 Å². The number of carboxylic acid groups (broad SMARTS) is 1. The Morgan fingerprint density at radius 1 is 1.50 bits per heavy atom. The molecular weight excluding hydrogens is 252 g/mol. The Hall–Kier alpha value is -0.910. The Balaban J connectivity index is 2.66. The molecule has 2 N–H and O–H groups in total. The number of urea groups is 1. The highest BCUT2D eigenvalue weighted by Gasteiger charge is 2.39. The molecule has 5 nitrogen and oxygen atoms in total. The van der Waals surface area contributed by atoms with Gasteiger partial charge in [-0.25, -0.2) is 9.59 Å². The minimum Gasteiger partial charge on any atom is -0.480 e. The van der Waals surface area contributed by atoms with Crippen LogP contribution in [0.2, 0.25) is 0 Å². The highest BCUT2D eigenvalue weighted by molar-refractivity contribution is 8.00. The third-order valence-electron chi connectivity index (χ3n) is 3.20. The fourth-order valence-electron chi connectivity index (χ4n) is 2.12. The van der Waals surface area contributed by atoms with Gasteiger partial charge in [0.25, 0.3) is 0 Å². The van der Waals surface area contributed by atoms with E-state index in [1.54, 1.807) is 0 Å². The van der Waals surface area contributed by atoms with Gasteiger partial charge in [0, 0.05) is 11.8 Å². The standard InChI is InChI=1S/C12H22N2O3S/c1-4-6-9(5-2)13-12(17)14-8(3)18-7-10(14)11(15)16/h8-10H,4-7H2,1-3H3,(H,13,17)(H,15,16). The predicted octanol–water partition coefficient (Wildman–Crippen LogP) is 2.12. The van der Waals surface area contributed by atoms with Gasteiger partial charge in [0.15, 0.2) is 0 Å². The first-order valence-corrected chi connectivity index (χ1v) is 7.49. The predicted molar refractivity (Wildman–Crippen MR) is 72.7 cm³/mol. The van der Waals surface area contributed by atoms with Crippen molar-refractivity contribution in [2.75, 3.05) is 5.75 Å². The van der Waals surface area contributed by atoms with E-state index in [-0.39, 0.29) is 17.4 Å². The maximum Gasteiger partial charge on any atom is 0.327 e. The Labute approximate surface area is 112 Å². The zero-order valence-corrected chi connectivity index (χ0v) is 12.0.